The van der Waals surface area contributed by atoms with Gasteiger partial charge in [-0.25, -0.2) is 9.59 Å². The number of carbonyl (C=O) groups is 2. The Kier molecular flexibility index (Phi) is 5.54. The lowest BCUT2D eigenvalue weighted by Crippen LogP contribution is -2.08. The highest BCUT2D eigenvalue weighted by molar-refractivity contribution is 6.05. The minimum absolute atomic E-state index is 0.0201. The van der Waals surface area contributed by atoms with Gasteiger partial charge < -0.3 is 19.7 Å². The highest BCUT2D eigenvalue weighted by Gasteiger charge is 2.27. The van der Waals surface area contributed by atoms with Crippen molar-refractivity contribution in [2.75, 3.05) is 0 Å². The van der Waals surface area contributed by atoms with Crippen LogP contribution in [0.4, 0.5) is 0 Å². The van der Waals surface area contributed by atoms with E-state index >= 15 is 0 Å². The first-order valence-corrected chi connectivity index (χ1v) is 9.91. The number of aliphatic hydroxyl groups excluding tert-OH is 1. The van der Waals surface area contributed by atoms with Gasteiger partial charge in [-0.05, 0) is 47.9 Å². The Morgan fingerprint density at radius 2 is 1.70 bits per heavy atom. The molecule has 1 aromatic rings. The van der Waals surface area contributed by atoms with E-state index in [1.807, 2.05) is 6.08 Å². The van der Waals surface area contributed by atoms with E-state index in [0.29, 0.717) is 28.7 Å². The van der Waals surface area contributed by atoms with E-state index in [-0.39, 0.29) is 39.4 Å². The summed E-state index contributed by atoms with van der Waals surface area (Å²) in [6.07, 6.45) is 8.96. The SMILES string of the molecule is C=C1/C=C\C=C/C/C=C(/O)c2oc3cc(=O)ccc-3c(-c3ccc(C(=O)O)cc3C(=O)O)c21. The van der Waals surface area contributed by atoms with Crippen molar-refractivity contribution in [2.45, 2.75) is 6.42 Å². The number of aromatic carboxylic acids is 2. The van der Waals surface area contributed by atoms with E-state index in [2.05, 4.69) is 6.58 Å². The third-order valence-corrected chi connectivity index (χ3v) is 5.22. The van der Waals surface area contributed by atoms with Crippen LogP contribution < -0.4 is 5.43 Å². The molecule has 0 bridgehead atoms. The molecule has 2 aliphatic carbocycles. The van der Waals surface area contributed by atoms with Crippen LogP contribution in [0.3, 0.4) is 0 Å². The average Bonchev–Trinajstić information content (AvgIpc) is 2.78. The summed E-state index contributed by atoms with van der Waals surface area (Å²) in [5.74, 6) is -2.65. The number of benzene rings is 2. The second-order valence-electron chi connectivity index (χ2n) is 7.35. The molecule has 1 aliphatic heterocycles. The van der Waals surface area contributed by atoms with Gasteiger partial charge >= 0.3 is 11.9 Å². The molecule has 0 spiro atoms. The molecule has 0 amide bonds. The van der Waals surface area contributed by atoms with E-state index < -0.39 is 11.9 Å². The molecule has 33 heavy (non-hydrogen) atoms. The van der Waals surface area contributed by atoms with Crippen molar-refractivity contribution in [3.05, 3.63) is 106 Å². The monoisotopic (exact) mass is 442 g/mol. The van der Waals surface area contributed by atoms with Gasteiger partial charge in [0.15, 0.2) is 16.9 Å². The second-order valence-corrected chi connectivity index (χ2v) is 7.35. The molecule has 1 heterocycles. The van der Waals surface area contributed by atoms with Crippen LogP contribution in [0.5, 0.6) is 0 Å². The Labute approximate surface area is 187 Å². The van der Waals surface area contributed by atoms with Crippen LogP contribution in [-0.4, -0.2) is 27.3 Å². The van der Waals surface area contributed by atoms with Gasteiger partial charge in [0.05, 0.1) is 11.1 Å². The van der Waals surface area contributed by atoms with Crippen LogP contribution in [-0.2, 0) is 0 Å². The van der Waals surface area contributed by atoms with Crippen LogP contribution in [0.15, 0.2) is 82.6 Å². The lowest BCUT2D eigenvalue weighted by atomic mass is 9.85. The lowest BCUT2D eigenvalue weighted by Gasteiger charge is -2.21. The molecule has 0 atom stereocenters. The maximum absolute atomic E-state index is 12.1. The molecule has 0 unspecified atom stereocenters. The molecule has 0 fully saturated rings. The number of allylic oxidation sites excluding steroid dienone is 6. The first-order chi connectivity index (χ1) is 15.8. The lowest BCUT2D eigenvalue weighted by molar-refractivity contribution is 0.0696. The summed E-state index contributed by atoms with van der Waals surface area (Å²) < 4.78 is 5.93. The summed E-state index contributed by atoms with van der Waals surface area (Å²) >= 11 is 0. The average molecular weight is 442 g/mol. The zero-order valence-electron chi connectivity index (χ0n) is 17.2. The third kappa shape index (κ3) is 3.99. The fourth-order valence-corrected chi connectivity index (χ4v) is 3.73. The molecule has 3 N–H and O–H groups in total. The van der Waals surface area contributed by atoms with E-state index in [1.54, 1.807) is 18.2 Å². The maximum Gasteiger partial charge on any atom is 0.336 e. The molecule has 7 heteroatoms. The molecule has 3 aliphatic rings. The number of rotatable bonds is 3. The van der Waals surface area contributed by atoms with E-state index in [0.717, 1.165) is 6.07 Å². The number of aliphatic hydroxyl groups is 1. The number of carboxylic acids is 2. The predicted molar refractivity (Wildman–Crippen MR) is 123 cm³/mol. The zero-order valence-corrected chi connectivity index (χ0v) is 17.2. The number of fused-ring (bicyclic) bond motifs is 2. The van der Waals surface area contributed by atoms with Gasteiger partial charge in [0, 0.05) is 22.8 Å². The number of carboxylic acid groups (broad SMARTS) is 2. The molecule has 0 saturated heterocycles. The standard InChI is InChI=1S/C26H18O7/c1-14-6-4-2-3-5-7-20(28)24-22(14)23(18-11-9-16(27)13-21(18)33-24)17-10-8-15(25(29)30)12-19(17)26(31)32/h2-4,6-13,28H,1,5H2,(H,29,30)(H,31,32)/b3-2-,6-4-,20-7+. The third-order valence-electron chi connectivity index (χ3n) is 5.22. The van der Waals surface area contributed by atoms with Crippen LogP contribution >= 0.6 is 0 Å². The van der Waals surface area contributed by atoms with Gasteiger partial charge in [0.25, 0.3) is 0 Å². The molecule has 164 valence electrons. The van der Waals surface area contributed by atoms with Crippen LogP contribution in [0.25, 0.3) is 33.8 Å². The summed E-state index contributed by atoms with van der Waals surface area (Å²) in [5, 5.41) is 30.0. The topological polar surface area (TPSA) is 125 Å². The Morgan fingerprint density at radius 1 is 0.939 bits per heavy atom. The Hall–Kier alpha value is -4.65. The van der Waals surface area contributed by atoms with Gasteiger partial charge in [-0.3, -0.25) is 4.79 Å². The second kappa shape index (κ2) is 8.47. The summed E-state index contributed by atoms with van der Waals surface area (Å²) in [5.41, 5.74) is 0.918. The predicted octanol–water partition coefficient (Wildman–Crippen LogP) is 5.24. The zero-order chi connectivity index (χ0) is 23.7. The quantitative estimate of drug-likeness (QED) is 0.507. The van der Waals surface area contributed by atoms with E-state index in [9.17, 15) is 29.7 Å². The largest absolute Gasteiger partial charge is 0.504 e. The molecule has 0 aromatic heterocycles. The van der Waals surface area contributed by atoms with Crippen molar-refractivity contribution in [1.29, 1.82) is 0 Å². The van der Waals surface area contributed by atoms with Crippen molar-refractivity contribution < 1.29 is 29.3 Å². The maximum atomic E-state index is 12.1. The molecule has 1 aromatic carbocycles. The molecular formula is C26H18O7. The van der Waals surface area contributed by atoms with E-state index in [4.69, 9.17) is 4.42 Å². The fourth-order valence-electron chi connectivity index (χ4n) is 3.73. The highest BCUT2D eigenvalue weighted by Crippen LogP contribution is 2.44. The summed E-state index contributed by atoms with van der Waals surface area (Å²) in [6.45, 7) is 4.07. The minimum Gasteiger partial charge on any atom is -0.504 e. The molecule has 0 radical (unpaired) electrons. The highest BCUT2D eigenvalue weighted by atomic mass is 16.4. The first-order valence-electron chi connectivity index (χ1n) is 9.91. The summed E-state index contributed by atoms with van der Waals surface area (Å²) in [6, 6.07) is 7.83. The van der Waals surface area contributed by atoms with Crippen LogP contribution in [0.1, 0.15) is 38.5 Å². The number of hydrogen-bond acceptors (Lipinski definition) is 5. The Bertz CT molecular complexity index is 1430. The molecule has 7 nitrogen and oxygen atoms in total. The summed E-state index contributed by atoms with van der Waals surface area (Å²) in [7, 11) is 0. The van der Waals surface area contributed by atoms with Crippen molar-refractivity contribution in [2.24, 2.45) is 0 Å². The van der Waals surface area contributed by atoms with Crippen molar-refractivity contribution in [1.82, 2.24) is 0 Å². The smallest absolute Gasteiger partial charge is 0.336 e. The molecular weight excluding hydrogens is 424 g/mol. The van der Waals surface area contributed by atoms with Gasteiger partial charge in [-0.2, -0.15) is 0 Å². The normalized spacial score (nSPS) is 17.0. The van der Waals surface area contributed by atoms with Crippen molar-refractivity contribution in [3.8, 4) is 22.5 Å². The summed E-state index contributed by atoms with van der Waals surface area (Å²) in [4.78, 5) is 35.6. The first kappa shape index (κ1) is 21.6. The Morgan fingerprint density at radius 3 is 2.42 bits per heavy atom. The van der Waals surface area contributed by atoms with E-state index in [1.165, 1.54) is 36.4 Å². The van der Waals surface area contributed by atoms with Gasteiger partial charge in [-0.15, -0.1) is 0 Å². The Balaban J connectivity index is 2.20. The van der Waals surface area contributed by atoms with Gasteiger partial charge in [-0.1, -0.05) is 36.9 Å². The molecule has 0 saturated carbocycles. The van der Waals surface area contributed by atoms with Crippen LogP contribution in [0.2, 0.25) is 0 Å². The molecule has 4 rings (SSSR count). The van der Waals surface area contributed by atoms with Crippen molar-refractivity contribution in [3.63, 3.8) is 0 Å². The van der Waals surface area contributed by atoms with Gasteiger partial charge in [0.1, 0.15) is 5.76 Å². The van der Waals surface area contributed by atoms with Gasteiger partial charge in [0.2, 0.25) is 0 Å². The fraction of sp³-hybridized carbons (Fsp3) is 0.0385. The van der Waals surface area contributed by atoms with Crippen molar-refractivity contribution >= 4 is 23.3 Å². The van der Waals surface area contributed by atoms with Crippen LogP contribution in [0, 0.1) is 0 Å². The minimum atomic E-state index is -1.33. The number of hydrogen-bond donors (Lipinski definition) is 3.